The number of nitrogens with zero attached hydrogens (tertiary/aromatic N) is 2. The highest BCUT2D eigenvalue weighted by atomic mass is 19.1. The number of hydrogen-bond donors (Lipinski definition) is 0. The molecule has 3 saturated heterocycles. The third-order valence-electron chi connectivity index (χ3n) is 5.45. The van der Waals surface area contributed by atoms with E-state index in [-0.39, 0.29) is 17.6 Å². The van der Waals surface area contributed by atoms with Crippen LogP contribution in [0.15, 0.2) is 24.3 Å². The van der Waals surface area contributed by atoms with Crippen LogP contribution in [0.2, 0.25) is 0 Å². The largest absolute Gasteiger partial charge is 0.381 e. The third-order valence-corrected chi connectivity index (χ3v) is 5.45. The van der Waals surface area contributed by atoms with Crippen molar-refractivity contribution in [2.24, 2.45) is 17.8 Å². The van der Waals surface area contributed by atoms with Crippen molar-refractivity contribution in [3.8, 4) is 0 Å². The zero-order chi connectivity index (χ0) is 15.8. The van der Waals surface area contributed by atoms with E-state index in [9.17, 15) is 9.18 Å². The van der Waals surface area contributed by atoms with Crippen molar-refractivity contribution in [1.82, 2.24) is 9.80 Å². The molecule has 0 aromatic heterocycles. The molecule has 3 fully saturated rings. The molecular weight excluding hydrogens is 295 g/mol. The summed E-state index contributed by atoms with van der Waals surface area (Å²) in [6.07, 6.45) is 0.871. The van der Waals surface area contributed by atoms with Gasteiger partial charge in [0, 0.05) is 39.3 Å². The summed E-state index contributed by atoms with van der Waals surface area (Å²) in [7, 11) is 0. The van der Waals surface area contributed by atoms with Crippen molar-refractivity contribution < 1.29 is 13.9 Å². The van der Waals surface area contributed by atoms with E-state index < -0.39 is 0 Å². The van der Waals surface area contributed by atoms with Crippen LogP contribution in [0.5, 0.6) is 0 Å². The van der Waals surface area contributed by atoms with Crippen LogP contribution in [-0.2, 0) is 16.1 Å². The van der Waals surface area contributed by atoms with Gasteiger partial charge in [0.25, 0.3) is 0 Å². The van der Waals surface area contributed by atoms with Crippen LogP contribution in [0.4, 0.5) is 4.39 Å². The third kappa shape index (κ3) is 3.12. The van der Waals surface area contributed by atoms with Crippen molar-refractivity contribution >= 4 is 5.91 Å². The van der Waals surface area contributed by atoms with E-state index in [1.807, 2.05) is 11.0 Å². The number of benzene rings is 1. The van der Waals surface area contributed by atoms with Gasteiger partial charge in [-0.2, -0.15) is 0 Å². The number of hydrogen-bond acceptors (Lipinski definition) is 3. The van der Waals surface area contributed by atoms with Crippen LogP contribution >= 0.6 is 0 Å². The first-order valence-corrected chi connectivity index (χ1v) is 8.52. The quantitative estimate of drug-likeness (QED) is 0.851. The van der Waals surface area contributed by atoms with Crippen molar-refractivity contribution in [1.29, 1.82) is 0 Å². The molecule has 3 aliphatic rings. The predicted octanol–water partition coefficient (Wildman–Crippen LogP) is 1.75. The Morgan fingerprint density at radius 1 is 1.22 bits per heavy atom. The zero-order valence-electron chi connectivity index (χ0n) is 13.3. The minimum Gasteiger partial charge on any atom is -0.381 e. The topological polar surface area (TPSA) is 32.8 Å². The average molecular weight is 318 g/mol. The van der Waals surface area contributed by atoms with Crippen molar-refractivity contribution in [2.75, 3.05) is 39.4 Å². The van der Waals surface area contributed by atoms with E-state index in [0.29, 0.717) is 18.4 Å². The number of likely N-dealkylation sites (tertiary alicyclic amines) is 2. The molecule has 0 spiro atoms. The predicted molar refractivity (Wildman–Crippen MR) is 84.2 cm³/mol. The summed E-state index contributed by atoms with van der Waals surface area (Å²) in [4.78, 5) is 16.9. The van der Waals surface area contributed by atoms with Gasteiger partial charge in [-0.1, -0.05) is 12.1 Å². The first-order chi connectivity index (χ1) is 11.2. The van der Waals surface area contributed by atoms with Gasteiger partial charge in [-0.05, 0) is 36.0 Å². The van der Waals surface area contributed by atoms with Crippen LogP contribution in [-0.4, -0.2) is 55.1 Å². The van der Waals surface area contributed by atoms with E-state index in [2.05, 4.69) is 4.90 Å². The van der Waals surface area contributed by atoms with Crippen molar-refractivity contribution in [3.05, 3.63) is 35.6 Å². The molecule has 1 amide bonds. The van der Waals surface area contributed by atoms with Crippen LogP contribution in [0, 0.1) is 23.6 Å². The summed E-state index contributed by atoms with van der Waals surface area (Å²) in [5, 5.41) is 0. The molecule has 0 unspecified atom stereocenters. The molecule has 4 rings (SSSR count). The van der Waals surface area contributed by atoms with Crippen LogP contribution in [0.3, 0.4) is 0 Å². The Morgan fingerprint density at radius 3 is 2.65 bits per heavy atom. The molecule has 124 valence electrons. The molecule has 5 heteroatoms. The van der Waals surface area contributed by atoms with Gasteiger partial charge >= 0.3 is 0 Å². The molecule has 3 aliphatic heterocycles. The number of carbonyl (C=O) groups excluding carboxylic acids is 1. The van der Waals surface area contributed by atoms with Gasteiger partial charge in [-0.25, -0.2) is 4.39 Å². The Kier molecular flexibility index (Phi) is 4.07. The number of fused-ring (bicyclic) bond motifs is 1. The minimum absolute atomic E-state index is 0.0808. The van der Waals surface area contributed by atoms with E-state index in [4.69, 9.17) is 4.74 Å². The fourth-order valence-electron chi connectivity index (χ4n) is 4.28. The Labute approximate surface area is 136 Å². The first kappa shape index (κ1) is 15.1. The van der Waals surface area contributed by atoms with Gasteiger partial charge in [-0.3, -0.25) is 9.69 Å². The summed E-state index contributed by atoms with van der Waals surface area (Å²) >= 11 is 0. The lowest BCUT2D eigenvalue weighted by atomic mass is 10.0. The summed E-state index contributed by atoms with van der Waals surface area (Å²) in [5.74, 6) is 1.33. The highest BCUT2D eigenvalue weighted by molar-refractivity contribution is 5.79. The van der Waals surface area contributed by atoms with Gasteiger partial charge in [0.1, 0.15) is 5.82 Å². The summed E-state index contributed by atoms with van der Waals surface area (Å²) in [6.45, 7) is 5.88. The normalized spacial score (nSPS) is 30.8. The van der Waals surface area contributed by atoms with E-state index in [0.717, 1.165) is 51.3 Å². The molecule has 3 atom stereocenters. The minimum atomic E-state index is -0.169. The summed E-state index contributed by atoms with van der Waals surface area (Å²) < 4.78 is 18.6. The van der Waals surface area contributed by atoms with E-state index >= 15 is 0 Å². The van der Waals surface area contributed by atoms with Crippen molar-refractivity contribution in [3.63, 3.8) is 0 Å². The number of halogens is 1. The number of rotatable bonds is 3. The zero-order valence-corrected chi connectivity index (χ0v) is 13.3. The average Bonchev–Trinajstić information content (AvgIpc) is 3.22. The van der Waals surface area contributed by atoms with Gasteiger partial charge in [0.2, 0.25) is 5.91 Å². The molecule has 0 saturated carbocycles. The second-order valence-electron chi connectivity index (χ2n) is 7.15. The molecule has 4 nitrogen and oxygen atoms in total. The summed E-state index contributed by atoms with van der Waals surface area (Å²) in [6, 6.07) is 6.85. The fraction of sp³-hybridized carbons (Fsp3) is 0.611. The van der Waals surface area contributed by atoms with E-state index in [1.165, 1.54) is 6.07 Å². The Hall–Kier alpha value is -1.46. The van der Waals surface area contributed by atoms with Crippen LogP contribution < -0.4 is 0 Å². The maximum Gasteiger partial charge on any atom is 0.228 e. The lowest BCUT2D eigenvalue weighted by Gasteiger charge is -2.23. The Morgan fingerprint density at radius 2 is 2.00 bits per heavy atom. The molecule has 1 aromatic carbocycles. The van der Waals surface area contributed by atoms with Gasteiger partial charge in [0.05, 0.1) is 12.5 Å². The fourth-order valence-corrected chi connectivity index (χ4v) is 4.28. The molecular formula is C18H23FN2O2. The number of carbonyl (C=O) groups is 1. The lowest BCUT2D eigenvalue weighted by molar-refractivity contribution is -0.134. The lowest BCUT2D eigenvalue weighted by Crippen LogP contribution is -2.37. The smallest absolute Gasteiger partial charge is 0.228 e. The van der Waals surface area contributed by atoms with Gasteiger partial charge in [0.15, 0.2) is 0 Å². The second-order valence-corrected chi connectivity index (χ2v) is 7.15. The molecule has 0 bridgehead atoms. The number of ether oxygens (including phenoxy) is 1. The van der Waals surface area contributed by atoms with E-state index in [1.54, 1.807) is 12.1 Å². The van der Waals surface area contributed by atoms with Crippen LogP contribution in [0.1, 0.15) is 12.0 Å². The number of amides is 1. The Balaban J connectivity index is 1.32. The molecule has 23 heavy (non-hydrogen) atoms. The highest BCUT2D eigenvalue weighted by Crippen LogP contribution is 2.33. The monoisotopic (exact) mass is 318 g/mol. The Bertz CT molecular complexity index is 574. The maximum atomic E-state index is 13.3. The summed E-state index contributed by atoms with van der Waals surface area (Å²) in [5.41, 5.74) is 1.03. The molecule has 1 aromatic rings. The maximum absolute atomic E-state index is 13.3. The van der Waals surface area contributed by atoms with Crippen LogP contribution in [0.25, 0.3) is 0 Å². The molecule has 0 N–H and O–H groups in total. The highest BCUT2D eigenvalue weighted by Gasteiger charge is 2.43. The van der Waals surface area contributed by atoms with Gasteiger partial charge < -0.3 is 9.64 Å². The van der Waals surface area contributed by atoms with Crippen molar-refractivity contribution in [2.45, 2.75) is 13.0 Å². The standard InChI is InChI=1S/C18H23FN2O2/c19-17-3-1-2-13(6-17)7-20-8-15-10-21(11-16(15)9-20)18(22)14-4-5-23-12-14/h1-3,6,14-16H,4-5,7-12H2/t14-,15-,16+/m0/s1. The SMILES string of the molecule is O=C([C@H]1CCOC1)N1C[C@H]2CN(Cc3cccc(F)c3)C[C@H]2C1. The second kappa shape index (κ2) is 6.21. The molecule has 0 radical (unpaired) electrons. The van der Waals surface area contributed by atoms with Gasteiger partial charge in [-0.15, -0.1) is 0 Å². The molecule has 3 heterocycles. The molecule has 0 aliphatic carbocycles. The first-order valence-electron chi connectivity index (χ1n) is 8.52.